The molecule has 0 bridgehead atoms. The van der Waals surface area contributed by atoms with Crippen LogP contribution in [0.1, 0.15) is 290 Å². The van der Waals surface area contributed by atoms with E-state index in [0.29, 0.717) is 19.3 Å². The summed E-state index contributed by atoms with van der Waals surface area (Å²) in [5.74, 6) is -0.922. The van der Waals surface area contributed by atoms with Crippen LogP contribution in [-0.2, 0) is 28.6 Å². The second-order valence-electron chi connectivity index (χ2n) is 20.6. The van der Waals surface area contributed by atoms with E-state index in [9.17, 15) is 14.4 Å². The van der Waals surface area contributed by atoms with Crippen LogP contribution in [0.2, 0.25) is 0 Å². The van der Waals surface area contributed by atoms with Gasteiger partial charge in [-0.15, -0.1) is 0 Å². The molecule has 0 fully saturated rings. The van der Waals surface area contributed by atoms with Gasteiger partial charge in [0.05, 0.1) is 0 Å². The molecule has 0 heterocycles. The van der Waals surface area contributed by atoms with Crippen LogP contribution < -0.4 is 0 Å². The van der Waals surface area contributed by atoms with Gasteiger partial charge in [0.1, 0.15) is 13.2 Å². The van der Waals surface area contributed by atoms with Crippen molar-refractivity contribution in [2.75, 3.05) is 13.2 Å². The smallest absolute Gasteiger partial charge is 0.306 e. The molecule has 0 aromatic rings. The number of unbranched alkanes of at least 4 members (excludes halogenated alkanes) is 27. The van der Waals surface area contributed by atoms with Gasteiger partial charge >= 0.3 is 17.9 Å². The van der Waals surface area contributed by atoms with Crippen molar-refractivity contribution in [2.45, 2.75) is 297 Å². The summed E-state index contributed by atoms with van der Waals surface area (Å²) in [4.78, 5) is 38.3. The van der Waals surface area contributed by atoms with E-state index in [2.05, 4.69) is 130 Å². The van der Waals surface area contributed by atoms with Crippen molar-refractivity contribution in [3.63, 3.8) is 0 Å². The standard InChI is InChI=1S/C69H116O6/c1-4-7-10-13-16-19-22-25-28-30-32-34-36-38-41-44-47-50-53-56-59-62-68(71)74-65-66(64-73-67(70)61-58-55-52-49-46-43-40-27-24-21-18-15-12-9-6-3)75-69(72)63-60-57-54-51-48-45-42-39-37-35-33-31-29-26-23-20-17-14-11-8-5-2/h7,10,16,18-19,21,23,25-28,31-34,37,39-40,66H,4-6,8-9,11-15,17,20,22,24,29-30,35-36,38,41-65H2,1-3H3/b10-7-,19-16-,21-18-,26-23-,28-25-,33-31-,34-32-,39-37-,40-27-. The van der Waals surface area contributed by atoms with Gasteiger partial charge in [0.15, 0.2) is 6.10 Å². The lowest BCUT2D eigenvalue weighted by atomic mass is 10.1. The first-order chi connectivity index (χ1) is 37.0. The van der Waals surface area contributed by atoms with Crippen molar-refractivity contribution in [2.24, 2.45) is 0 Å². The zero-order chi connectivity index (χ0) is 54.3. The Hall–Kier alpha value is -3.93. The SMILES string of the molecule is CC/C=C\C/C=C\C/C=C\C/C=C\CCCCCCCCCCC(=O)OCC(COC(=O)CCCCCCC/C=C\C/C=C\CCCCC)OC(=O)CCCCCCCC/C=C\C/C=C\C/C=C\CCCCCCC. The van der Waals surface area contributed by atoms with Gasteiger partial charge in [-0.05, 0) is 128 Å². The molecule has 0 rings (SSSR count). The first-order valence-corrected chi connectivity index (χ1v) is 31.4. The second kappa shape index (κ2) is 62.6. The number of hydrogen-bond donors (Lipinski definition) is 0. The number of carbonyl (C=O) groups excluding carboxylic acids is 3. The minimum Gasteiger partial charge on any atom is -0.462 e. The zero-order valence-corrected chi connectivity index (χ0v) is 49.0. The number of esters is 3. The third-order valence-electron chi connectivity index (χ3n) is 13.2. The normalized spacial score (nSPS) is 12.8. The average Bonchev–Trinajstić information content (AvgIpc) is 3.41. The van der Waals surface area contributed by atoms with E-state index < -0.39 is 6.10 Å². The summed E-state index contributed by atoms with van der Waals surface area (Å²) in [5, 5.41) is 0. The van der Waals surface area contributed by atoms with Gasteiger partial charge in [-0.1, -0.05) is 252 Å². The molecule has 0 amide bonds. The molecule has 0 radical (unpaired) electrons. The Morgan fingerprint density at radius 3 is 0.840 bits per heavy atom. The summed E-state index contributed by atoms with van der Waals surface area (Å²) >= 11 is 0. The predicted octanol–water partition coefficient (Wildman–Crippen LogP) is 21.4. The summed E-state index contributed by atoms with van der Waals surface area (Å²) in [5.41, 5.74) is 0. The molecular weight excluding hydrogens is 925 g/mol. The summed E-state index contributed by atoms with van der Waals surface area (Å²) in [6, 6.07) is 0. The molecule has 75 heavy (non-hydrogen) atoms. The summed E-state index contributed by atoms with van der Waals surface area (Å²) < 4.78 is 16.9. The molecule has 0 saturated heterocycles. The minimum atomic E-state index is -0.798. The number of carbonyl (C=O) groups is 3. The molecule has 0 saturated carbocycles. The van der Waals surface area contributed by atoms with E-state index in [4.69, 9.17) is 14.2 Å². The molecule has 0 aliphatic rings. The molecule has 6 heteroatoms. The van der Waals surface area contributed by atoms with Crippen molar-refractivity contribution in [1.29, 1.82) is 0 Å². The molecule has 0 N–H and O–H groups in total. The number of ether oxygens (including phenoxy) is 3. The fraction of sp³-hybridized carbons (Fsp3) is 0.696. The Balaban J connectivity index is 4.44. The zero-order valence-electron chi connectivity index (χ0n) is 49.0. The van der Waals surface area contributed by atoms with Crippen LogP contribution in [-0.4, -0.2) is 37.2 Å². The quantitative estimate of drug-likeness (QED) is 0.0261. The summed E-state index contributed by atoms with van der Waals surface area (Å²) in [7, 11) is 0. The van der Waals surface area contributed by atoms with Gasteiger partial charge in [0.25, 0.3) is 0 Å². The van der Waals surface area contributed by atoms with Crippen LogP contribution in [0, 0.1) is 0 Å². The van der Waals surface area contributed by atoms with Crippen molar-refractivity contribution in [1.82, 2.24) is 0 Å². The van der Waals surface area contributed by atoms with Crippen LogP contribution in [0.25, 0.3) is 0 Å². The topological polar surface area (TPSA) is 78.9 Å². The van der Waals surface area contributed by atoms with Crippen LogP contribution in [0.5, 0.6) is 0 Å². The maximum absolute atomic E-state index is 12.9. The van der Waals surface area contributed by atoms with E-state index in [-0.39, 0.29) is 31.1 Å². The van der Waals surface area contributed by atoms with Crippen LogP contribution in [0.3, 0.4) is 0 Å². The van der Waals surface area contributed by atoms with Gasteiger partial charge in [-0.2, -0.15) is 0 Å². The molecule has 0 aromatic carbocycles. The van der Waals surface area contributed by atoms with Crippen molar-refractivity contribution in [3.8, 4) is 0 Å². The van der Waals surface area contributed by atoms with Gasteiger partial charge in [0, 0.05) is 19.3 Å². The van der Waals surface area contributed by atoms with Crippen molar-refractivity contribution in [3.05, 3.63) is 109 Å². The Morgan fingerprint density at radius 1 is 0.280 bits per heavy atom. The monoisotopic (exact) mass is 1040 g/mol. The van der Waals surface area contributed by atoms with Gasteiger partial charge in [-0.25, -0.2) is 0 Å². The van der Waals surface area contributed by atoms with Gasteiger partial charge in [-0.3, -0.25) is 14.4 Å². The lowest BCUT2D eigenvalue weighted by molar-refractivity contribution is -0.167. The molecular formula is C69H116O6. The van der Waals surface area contributed by atoms with Gasteiger partial charge in [0.2, 0.25) is 0 Å². The Labute approximate surface area is 463 Å². The molecule has 0 aliphatic heterocycles. The third kappa shape index (κ3) is 60.8. The predicted molar refractivity (Wildman–Crippen MR) is 325 cm³/mol. The Kier molecular flexibility index (Phi) is 59.3. The Bertz CT molecular complexity index is 1520. The van der Waals surface area contributed by atoms with Crippen molar-refractivity contribution < 1.29 is 28.6 Å². The largest absolute Gasteiger partial charge is 0.462 e. The summed E-state index contributed by atoms with van der Waals surface area (Å²) in [6.07, 6.45) is 85.1. The minimum absolute atomic E-state index is 0.0934. The molecule has 1 atom stereocenters. The highest BCUT2D eigenvalue weighted by Crippen LogP contribution is 2.15. The van der Waals surface area contributed by atoms with E-state index in [1.807, 2.05) is 0 Å². The fourth-order valence-corrected chi connectivity index (χ4v) is 8.53. The first-order valence-electron chi connectivity index (χ1n) is 31.4. The molecule has 6 nitrogen and oxygen atoms in total. The maximum Gasteiger partial charge on any atom is 0.306 e. The molecule has 0 aliphatic carbocycles. The molecule has 0 spiro atoms. The Morgan fingerprint density at radius 2 is 0.520 bits per heavy atom. The first kappa shape index (κ1) is 71.1. The number of rotatable bonds is 56. The van der Waals surface area contributed by atoms with E-state index in [1.165, 1.54) is 109 Å². The third-order valence-corrected chi connectivity index (χ3v) is 13.2. The fourth-order valence-electron chi connectivity index (χ4n) is 8.53. The van der Waals surface area contributed by atoms with E-state index in [0.717, 1.165) is 141 Å². The molecule has 428 valence electrons. The van der Waals surface area contributed by atoms with E-state index in [1.54, 1.807) is 0 Å². The highest BCUT2D eigenvalue weighted by atomic mass is 16.6. The number of allylic oxidation sites excluding steroid dienone is 18. The average molecular weight is 1040 g/mol. The molecule has 1 unspecified atom stereocenters. The van der Waals surface area contributed by atoms with Crippen LogP contribution in [0.4, 0.5) is 0 Å². The highest BCUT2D eigenvalue weighted by molar-refractivity contribution is 5.71. The van der Waals surface area contributed by atoms with Crippen molar-refractivity contribution >= 4 is 17.9 Å². The van der Waals surface area contributed by atoms with Crippen LogP contribution >= 0.6 is 0 Å². The number of hydrogen-bond acceptors (Lipinski definition) is 6. The summed E-state index contributed by atoms with van der Waals surface area (Å²) in [6.45, 7) is 6.48. The lowest BCUT2D eigenvalue weighted by Crippen LogP contribution is -2.30. The van der Waals surface area contributed by atoms with Crippen LogP contribution in [0.15, 0.2) is 109 Å². The maximum atomic E-state index is 12.9. The highest BCUT2D eigenvalue weighted by Gasteiger charge is 2.19. The van der Waals surface area contributed by atoms with E-state index >= 15 is 0 Å². The molecule has 0 aromatic heterocycles. The van der Waals surface area contributed by atoms with Gasteiger partial charge < -0.3 is 14.2 Å². The lowest BCUT2D eigenvalue weighted by Gasteiger charge is -2.18. The second-order valence-corrected chi connectivity index (χ2v) is 20.6.